The Bertz CT molecular complexity index is 352. The summed E-state index contributed by atoms with van der Waals surface area (Å²) in [4.78, 5) is 12.0. The minimum Gasteiger partial charge on any atom is -0.294 e. The summed E-state index contributed by atoms with van der Waals surface area (Å²) in [5, 5.41) is 0. The first kappa shape index (κ1) is 13.0. The van der Waals surface area contributed by atoms with Crippen molar-refractivity contribution in [1.82, 2.24) is 0 Å². The largest absolute Gasteiger partial charge is 0.294 e. The Kier molecular flexibility index (Phi) is 3.90. The molecule has 0 aliphatic rings. The second-order valence-electron chi connectivity index (χ2n) is 5.87. The zero-order valence-corrected chi connectivity index (χ0v) is 11.0. The van der Waals surface area contributed by atoms with Gasteiger partial charge in [0.2, 0.25) is 0 Å². The van der Waals surface area contributed by atoms with Gasteiger partial charge in [0, 0.05) is 11.0 Å². The zero-order chi connectivity index (χ0) is 12.3. The quantitative estimate of drug-likeness (QED) is 0.698. The van der Waals surface area contributed by atoms with E-state index in [0.29, 0.717) is 5.92 Å². The summed E-state index contributed by atoms with van der Waals surface area (Å²) >= 11 is 0. The van der Waals surface area contributed by atoms with Crippen molar-refractivity contribution in [3.8, 4) is 0 Å². The fourth-order valence-corrected chi connectivity index (χ4v) is 1.70. The zero-order valence-electron chi connectivity index (χ0n) is 11.0. The van der Waals surface area contributed by atoms with Gasteiger partial charge in [-0.1, -0.05) is 58.9 Å². The first-order chi connectivity index (χ1) is 7.30. The molecular formula is C15H22O. The van der Waals surface area contributed by atoms with Crippen molar-refractivity contribution < 1.29 is 4.79 Å². The fraction of sp³-hybridized carbons (Fsp3) is 0.533. The minimum atomic E-state index is -0.292. The Labute approximate surface area is 98.9 Å². The topological polar surface area (TPSA) is 17.1 Å². The maximum atomic E-state index is 12.0. The molecule has 0 radical (unpaired) electrons. The molecule has 0 aliphatic heterocycles. The molecule has 88 valence electrons. The van der Waals surface area contributed by atoms with Gasteiger partial charge in [-0.3, -0.25) is 4.79 Å². The average Bonchev–Trinajstić information content (AvgIpc) is 2.15. The Morgan fingerprint density at radius 1 is 1.12 bits per heavy atom. The maximum absolute atomic E-state index is 12.0. The van der Waals surface area contributed by atoms with Crippen LogP contribution in [0.1, 0.15) is 50.5 Å². The standard InChI is InChI=1S/C15H22O/c1-11(2)10-12-6-8-13(9-7-12)14(16)15(3,4)5/h6-9,11H,10H2,1-5H3. The van der Waals surface area contributed by atoms with Crippen LogP contribution in [0.15, 0.2) is 24.3 Å². The van der Waals surface area contributed by atoms with Crippen molar-refractivity contribution in [2.24, 2.45) is 11.3 Å². The molecule has 0 bridgehead atoms. The number of carbonyl (C=O) groups is 1. The first-order valence-corrected chi connectivity index (χ1v) is 5.94. The molecule has 0 heterocycles. The lowest BCUT2D eigenvalue weighted by Crippen LogP contribution is -2.20. The molecule has 1 rings (SSSR count). The van der Waals surface area contributed by atoms with Gasteiger partial charge >= 0.3 is 0 Å². The second-order valence-corrected chi connectivity index (χ2v) is 5.87. The molecule has 1 aromatic carbocycles. The van der Waals surface area contributed by atoms with Crippen molar-refractivity contribution in [1.29, 1.82) is 0 Å². The minimum absolute atomic E-state index is 0.212. The molecule has 0 spiro atoms. The highest BCUT2D eigenvalue weighted by molar-refractivity contribution is 5.99. The van der Waals surface area contributed by atoms with E-state index < -0.39 is 0 Å². The number of Topliss-reactive ketones (excluding diaryl/α,β-unsaturated/α-hetero) is 1. The van der Waals surface area contributed by atoms with Gasteiger partial charge in [0.1, 0.15) is 0 Å². The average molecular weight is 218 g/mol. The normalized spacial score (nSPS) is 11.9. The summed E-state index contributed by atoms with van der Waals surface area (Å²) < 4.78 is 0. The van der Waals surface area contributed by atoms with E-state index >= 15 is 0 Å². The summed E-state index contributed by atoms with van der Waals surface area (Å²) in [5.74, 6) is 0.868. The fourth-order valence-electron chi connectivity index (χ4n) is 1.70. The van der Waals surface area contributed by atoms with Crippen molar-refractivity contribution in [3.63, 3.8) is 0 Å². The molecule has 1 aromatic rings. The van der Waals surface area contributed by atoms with Crippen LogP contribution in [0.5, 0.6) is 0 Å². The van der Waals surface area contributed by atoms with Crippen LogP contribution in [-0.2, 0) is 6.42 Å². The summed E-state index contributed by atoms with van der Waals surface area (Å²) in [6.07, 6.45) is 1.07. The van der Waals surface area contributed by atoms with E-state index in [1.807, 2.05) is 32.9 Å². The van der Waals surface area contributed by atoms with Gasteiger partial charge < -0.3 is 0 Å². The molecular weight excluding hydrogens is 196 g/mol. The lowest BCUT2D eigenvalue weighted by Gasteiger charge is -2.16. The molecule has 1 heteroatoms. The van der Waals surface area contributed by atoms with Gasteiger partial charge in [0.15, 0.2) is 5.78 Å². The highest BCUT2D eigenvalue weighted by Gasteiger charge is 2.22. The lowest BCUT2D eigenvalue weighted by atomic mass is 9.86. The van der Waals surface area contributed by atoms with Crippen LogP contribution in [0.25, 0.3) is 0 Å². The molecule has 0 N–H and O–H groups in total. The Hall–Kier alpha value is -1.11. The Morgan fingerprint density at radius 3 is 2.00 bits per heavy atom. The van der Waals surface area contributed by atoms with Gasteiger partial charge in [0.05, 0.1) is 0 Å². The van der Waals surface area contributed by atoms with Crippen LogP contribution in [-0.4, -0.2) is 5.78 Å². The smallest absolute Gasteiger partial charge is 0.168 e. The predicted octanol–water partition coefficient (Wildman–Crippen LogP) is 4.11. The van der Waals surface area contributed by atoms with E-state index in [1.54, 1.807) is 0 Å². The monoisotopic (exact) mass is 218 g/mol. The van der Waals surface area contributed by atoms with E-state index in [2.05, 4.69) is 26.0 Å². The molecule has 0 unspecified atom stereocenters. The Balaban J connectivity index is 2.83. The SMILES string of the molecule is CC(C)Cc1ccc(C(=O)C(C)(C)C)cc1. The third kappa shape index (κ3) is 3.48. The molecule has 0 aromatic heterocycles. The highest BCUT2D eigenvalue weighted by atomic mass is 16.1. The number of benzene rings is 1. The molecule has 0 amide bonds. The number of hydrogen-bond donors (Lipinski definition) is 0. The molecule has 1 nitrogen and oxygen atoms in total. The van der Waals surface area contributed by atoms with Crippen molar-refractivity contribution in [3.05, 3.63) is 35.4 Å². The number of hydrogen-bond acceptors (Lipinski definition) is 1. The van der Waals surface area contributed by atoms with Crippen LogP contribution in [0, 0.1) is 11.3 Å². The number of carbonyl (C=O) groups excluding carboxylic acids is 1. The summed E-state index contributed by atoms with van der Waals surface area (Å²) in [5.41, 5.74) is 1.83. The second kappa shape index (κ2) is 4.82. The van der Waals surface area contributed by atoms with Gasteiger partial charge in [0.25, 0.3) is 0 Å². The number of ketones is 1. The molecule has 0 atom stereocenters. The van der Waals surface area contributed by atoms with E-state index in [-0.39, 0.29) is 11.2 Å². The third-order valence-corrected chi connectivity index (χ3v) is 2.54. The van der Waals surface area contributed by atoms with E-state index in [4.69, 9.17) is 0 Å². The molecule has 0 fully saturated rings. The Morgan fingerprint density at radius 2 is 1.62 bits per heavy atom. The van der Waals surface area contributed by atoms with E-state index in [0.717, 1.165) is 12.0 Å². The first-order valence-electron chi connectivity index (χ1n) is 5.94. The number of rotatable bonds is 3. The molecule has 0 aliphatic carbocycles. The van der Waals surface area contributed by atoms with Crippen molar-refractivity contribution in [2.75, 3.05) is 0 Å². The van der Waals surface area contributed by atoms with Crippen molar-refractivity contribution in [2.45, 2.75) is 41.0 Å². The van der Waals surface area contributed by atoms with Crippen molar-refractivity contribution >= 4 is 5.78 Å². The van der Waals surface area contributed by atoms with E-state index in [9.17, 15) is 4.79 Å². The van der Waals surface area contributed by atoms with E-state index in [1.165, 1.54) is 5.56 Å². The lowest BCUT2D eigenvalue weighted by molar-refractivity contribution is 0.0858. The van der Waals surface area contributed by atoms with Crippen LogP contribution >= 0.6 is 0 Å². The van der Waals surface area contributed by atoms with Gasteiger partial charge in [-0.2, -0.15) is 0 Å². The van der Waals surface area contributed by atoms with Crippen LogP contribution < -0.4 is 0 Å². The third-order valence-electron chi connectivity index (χ3n) is 2.54. The molecule has 0 saturated carbocycles. The van der Waals surface area contributed by atoms with Gasteiger partial charge in [-0.05, 0) is 17.9 Å². The molecule has 0 saturated heterocycles. The van der Waals surface area contributed by atoms with Crippen LogP contribution in [0.3, 0.4) is 0 Å². The van der Waals surface area contributed by atoms with Gasteiger partial charge in [-0.25, -0.2) is 0 Å². The highest BCUT2D eigenvalue weighted by Crippen LogP contribution is 2.21. The molecule has 16 heavy (non-hydrogen) atoms. The van der Waals surface area contributed by atoms with Crippen LogP contribution in [0.2, 0.25) is 0 Å². The summed E-state index contributed by atoms with van der Waals surface area (Å²) in [6.45, 7) is 10.3. The maximum Gasteiger partial charge on any atom is 0.168 e. The van der Waals surface area contributed by atoms with Gasteiger partial charge in [-0.15, -0.1) is 0 Å². The summed E-state index contributed by atoms with van der Waals surface area (Å²) in [7, 11) is 0. The summed E-state index contributed by atoms with van der Waals surface area (Å²) in [6, 6.07) is 8.04. The predicted molar refractivity (Wildman–Crippen MR) is 68.8 cm³/mol. The van der Waals surface area contributed by atoms with Crippen LogP contribution in [0.4, 0.5) is 0 Å².